The summed E-state index contributed by atoms with van der Waals surface area (Å²) in [4.78, 5) is 3.94. The minimum Gasteiger partial charge on any atom is -0.385 e. The number of ether oxygens (including phenoxy) is 1. The van der Waals surface area contributed by atoms with Crippen molar-refractivity contribution < 1.29 is 14.7 Å². The first-order valence-corrected chi connectivity index (χ1v) is 11.0. The number of rotatable bonds is 7. The number of benzene rings is 1. The molecule has 0 bridgehead atoms. The monoisotopic (exact) mass is 375 g/mol. The maximum Gasteiger partial charge on any atom is 0.126 e. The van der Waals surface area contributed by atoms with E-state index in [1.165, 1.54) is 23.4 Å². The van der Waals surface area contributed by atoms with Gasteiger partial charge in [-0.15, -0.1) is 0 Å². The molecular weight excluding hydrogens is 336 g/mol. The second kappa shape index (κ2) is 9.90. The van der Waals surface area contributed by atoms with Crippen molar-refractivity contribution in [2.45, 2.75) is 52.2 Å². The molecule has 0 amide bonds. The first kappa shape index (κ1) is 20.6. The third-order valence-electron chi connectivity index (χ3n) is 6.58. The molecule has 4 nitrogen and oxygen atoms in total. The van der Waals surface area contributed by atoms with E-state index in [4.69, 9.17) is 4.74 Å². The van der Waals surface area contributed by atoms with Gasteiger partial charge in [0.05, 0.1) is 38.9 Å². The van der Waals surface area contributed by atoms with Gasteiger partial charge in [0.25, 0.3) is 0 Å². The summed E-state index contributed by atoms with van der Waals surface area (Å²) in [5.74, 6) is 2.06. The van der Waals surface area contributed by atoms with Crippen molar-refractivity contribution in [1.29, 1.82) is 0 Å². The van der Waals surface area contributed by atoms with E-state index in [1.54, 1.807) is 0 Å². The summed E-state index contributed by atoms with van der Waals surface area (Å²) in [5, 5.41) is 10.5. The zero-order chi connectivity index (χ0) is 19.2. The predicted octanol–water partition coefficient (Wildman–Crippen LogP) is 2.23. The van der Waals surface area contributed by atoms with Gasteiger partial charge >= 0.3 is 0 Å². The molecule has 0 unspecified atom stereocenters. The highest BCUT2D eigenvalue weighted by atomic mass is 16.5. The SMILES string of the molecule is CC(C)[C@H]1CC[C@H](C)C[C@H]1OC[C@H](O)C[NH+]1CCN(c2ccccc2)CC1. The summed E-state index contributed by atoms with van der Waals surface area (Å²) in [6, 6.07) is 10.6. The number of nitrogens with one attached hydrogen (secondary N) is 1. The quantitative estimate of drug-likeness (QED) is 0.767. The molecular formula is C23H39N2O2+. The molecule has 4 atom stereocenters. The molecule has 1 aromatic rings. The van der Waals surface area contributed by atoms with Gasteiger partial charge in [-0.1, -0.05) is 45.4 Å². The Morgan fingerprint density at radius 2 is 1.85 bits per heavy atom. The lowest BCUT2D eigenvalue weighted by atomic mass is 9.75. The Morgan fingerprint density at radius 3 is 2.52 bits per heavy atom. The molecule has 1 heterocycles. The number of para-hydroxylation sites is 1. The normalized spacial score (nSPS) is 28.5. The second-order valence-electron chi connectivity index (χ2n) is 9.13. The molecule has 1 saturated heterocycles. The minimum absolute atomic E-state index is 0.327. The summed E-state index contributed by atoms with van der Waals surface area (Å²) in [5.41, 5.74) is 1.31. The van der Waals surface area contributed by atoms with Crippen LogP contribution in [0.25, 0.3) is 0 Å². The molecule has 2 aliphatic rings. The van der Waals surface area contributed by atoms with Crippen LogP contribution in [-0.4, -0.2) is 56.6 Å². The van der Waals surface area contributed by atoms with Crippen LogP contribution in [0.3, 0.4) is 0 Å². The van der Waals surface area contributed by atoms with Crippen molar-refractivity contribution in [3.63, 3.8) is 0 Å². The highest BCUT2D eigenvalue weighted by molar-refractivity contribution is 5.45. The fourth-order valence-electron chi connectivity index (χ4n) is 4.86. The highest BCUT2D eigenvalue weighted by Gasteiger charge is 2.32. The van der Waals surface area contributed by atoms with Crippen LogP contribution in [0.5, 0.6) is 0 Å². The lowest BCUT2D eigenvalue weighted by Gasteiger charge is -2.38. The Labute approximate surface area is 165 Å². The van der Waals surface area contributed by atoms with Gasteiger partial charge in [0.1, 0.15) is 12.6 Å². The summed E-state index contributed by atoms with van der Waals surface area (Å²) in [6.45, 7) is 12.5. The summed E-state index contributed by atoms with van der Waals surface area (Å²) >= 11 is 0. The predicted molar refractivity (Wildman–Crippen MR) is 111 cm³/mol. The fourth-order valence-corrected chi connectivity index (χ4v) is 4.86. The van der Waals surface area contributed by atoms with Gasteiger partial charge < -0.3 is 19.6 Å². The molecule has 0 radical (unpaired) electrons. The van der Waals surface area contributed by atoms with Crippen LogP contribution in [-0.2, 0) is 4.74 Å². The highest BCUT2D eigenvalue weighted by Crippen LogP contribution is 2.35. The lowest BCUT2D eigenvalue weighted by Crippen LogP contribution is -3.16. The van der Waals surface area contributed by atoms with Crippen LogP contribution in [0.2, 0.25) is 0 Å². The molecule has 4 heteroatoms. The molecule has 2 fully saturated rings. The molecule has 1 aliphatic carbocycles. The van der Waals surface area contributed by atoms with Crippen LogP contribution in [0.4, 0.5) is 5.69 Å². The number of nitrogens with zero attached hydrogens (tertiary/aromatic N) is 1. The van der Waals surface area contributed by atoms with Gasteiger partial charge in [-0.25, -0.2) is 0 Å². The van der Waals surface area contributed by atoms with Crippen molar-refractivity contribution in [2.24, 2.45) is 17.8 Å². The minimum atomic E-state index is -0.353. The molecule has 0 aromatic heterocycles. The Bertz CT molecular complexity index is 543. The number of quaternary nitrogens is 1. The van der Waals surface area contributed by atoms with Gasteiger partial charge in [-0.2, -0.15) is 0 Å². The van der Waals surface area contributed by atoms with Gasteiger partial charge in [0.15, 0.2) is 0 Å². The number of aliphatic hydroxyl groups excluding tert-OH is 1. The largest absolute Gasteiger partial charge is 0.385 e. The van der Waals surface area contributed by atoms with Gasteiger partial charge in [0.2, 0.25) is 0 Å². The van der Waals surface area contributed by atoms with Gasteiger partial charge in [0, 0.05) is 5.69 Å². The van der Waals surface area contributed by atoms with E-state index in [-0.39, 0.29) is 6.10 Å². The van der Waals surface area contributed by atoms with Gasteiger partial charge in [-0.3, -0.25) is 0 Å². The van der Waals surface area contributed by atoms with Crippen molar-refractivity contribution in [2.75, 3.05) is 44.2 Å². The van der Waals surface area contributed by atoms with Crippen molar-refractivity contribution in [3.05, 3.63) is 30.3 Å². The molecule has 1 saturated carbocycles. The Balaban J connectivity index is 1.40. The fraction of sp³-hybridized carbons (Fsp3) is 0.739. The van der Waals surface area contributed by atoms with E-state index in [1.807, 2.05) is 0 Å². The van der Waals surface area contributed by atoms with Crippen LogP contribution in [0.1, 0.15) is 40.0 Å². The second-order valence-corrected chi connectivity index (χ2v) is 9.13. The average molecular weight is 376 g/mol. The number of hydrogen-bond acceptors (Lipinski definition) is 3. The van der Waals surface area contributed by atoms with E-state index in [0.717, 1.165) is 45.1 Å². The molecule has 0 spiro atoms. The van der Waals surface area contributed by atoms with E-state index >= 15 is 0 Å². The third kappa shape index (κ3) is 5.94. The molecule has 3 rings (SSSR count). The van der Waals surface area contributed by atoms with E-state index < -0.39 is 0 Å². The number of piperazine rings is 1. The molecule has 2 N–H and O–H groups in total. The zero-order valence-corrected chi connectivity index (χ0v) is 17.4. The Kier molecular flexibility index (Phi) is 7.57. The first-order valence-electron chi connectivity index (χ1n) is 11.0. The zero-order valence-electron chi connectivity index (χ0n) is 17.4. The smallest absolute Gasteiger partial charge is 0.126 e. The van der Waals surface area contributed by atoms with Crippen molar-refractivity contribution in [1.82, 2.24) is 0 Å². The summed E-state index contributed by atoms with van der Waals surface area (Å²) < 4.78 is 6.25. The average Bonchev–Trinajstić information content (AvgIpc) is 2.67. The van der Waals surface area contributed by atoms with E-state index in [2.05, 4.69) is 56.0 Å². The topological polar surface area (TPSA) is 37.1 Å². The third-order valence-corrected chi connectivity index (χ3v) is 6.58. The maximum atomic E-state index is 10.5. The number of aliphatic hydroxyl groups is 1. The summed E-state index contributed by atoms with van der Waals surface area (Å²) in [6.07, 6.45) is 3.72. The first-order chi connectivity index (χ1) is 13.0. The van der Waals surface area contributed by atoms with Crippen molar-refractivity contribution in [3.8, 4) is 0 Å². The van der Waals surface area contributed by atoms with Gasteiger partial charge in [-0.05, 0) is 42.7 Å². The maximum absolute atomic E-state index is 10.5. The Morgan fingerprint density at radius 1 is 1.15 bits per heavy atom. The molecule has 1 aromatic carbocycles. The number of anilines is 1. The van der Waals surface area contributed by atoms with E-state index in [9.17, 15) is 5.11 Å². The summed E-state index contributed by atoms with van der Waals surface area (Å²) in [7, 11) is 0. The molecule has 27 heavy (non-hydrogen) atoms. The van der Waals surface area contributed by atoms with Crippen LogP contribution in [0.15, 0.2) is 30.3 Å². The standard InChI is InChI=1S/C23H38N2O2/c1-18(2)22-10-9-19(3)15-23(22)27-17-21(26)16-24-11-13-25(14-12-24)20-7-5-4-6-8-20/h4-8,18-19,21-23,26H,9-17H2,1-3H3/p+1/t19-,21+,22+,23+/m0/s1. The van der Waals surface area contributed by atoms with Crippen LogP contribution in [0, 0.1) is 17.8 Å². The van der Waals surface area contributed by atoms with Crippen LogP contribution >= 0.6 is 0 Å². The van der Waals surface area contributed by atoms with Crippen LogP contribution < -0.4 is 9.80 Å². The lowest BCUT2D eigenvalue weighted by molar-refractivity contribution is -0.903. The molecule has 1 aliphatic heterocycles. The Hall–Kier alpha value is -1.10. The van der Waals surface area contributed by atoms with E-state index in [0.29, 0.717) is 24.5 Å². The number of hydrogen-bond donors (Lipinski definition) is 2. The van der Waals surface area contributed by atoms with Crippen molar-refractivity contribution >= 4 is 5.69 Å². The molecule has 152 valence electrons.